The highest BCUT2D eigenvalue weighted by atomic mass is 19.1. The molecule has 0 spiro atoms. The molecule has 3 atom stereocenters. The second-order valence-corrected chi connectivity index (χ2v) is 9.88. The lowest BCUT2D eigenvalue weighted by atomic mass is 9.87. The predicted molar refractivity (Wildman–Crippen MR) is 138 cm³/mol. The zero-order chi connectivity index (χ0) is 24.9. The van der Waals surface area contributed by atoms with Crippen LogP contribution in [0.2, 0.25) is 0 Å². The molecule has 2 aliphatic rings. The molecule has 2 N–H and O–H groups in total. The lowest BCUT2D eigenvalue weighted by Gasteiger charge is -2.36. The van der Waals surface area contributed by atoms with Gasteiger partial charge in [0.15, 0.2) is 0 Å². The van der Waals surface area contributed by atoms with E-state index in [1.54, 1.807) is 12.1 Å². The van der Waals surface area contributed by atoms with Crippen molar-refractivity contribution < 1.29 is 18.7 Å². The molecular formula is C29H32FN3O3. The van der Waals surface area contributed by atoms with E-state index >= 15 is 0 Å². The summed E-state index contributed by atoms with van der Waals surface area (Å²) in [5.74, 6) is -1.20. The Labute approximate surface area is 210 Å². The largest absolute Gasteiger partial charge is 0.376 e. The smallest absolute Gasteiger partial charge is 0.228 e. The number of carbonyl (C=O) groups excluding carboxylic acids is 2. The predicted octanol–water partition coefficient (Wildman–Crippen LogP) is 4.35. The number of anilines is 1. The highest BCUT2D eigenvalue weighted by Gasteiger charge is 2.35. The number of nitrogens with one attached hydrogen (secondary N) is 2. The molecule has 0 aliphatic carbocycles. The third-order valence-electron chi connectivity index (χ3n) is 7.13. The lowest BCUT2D eigenvalue weighted by molar-refractivity contribution is -0.130. The van der Waals surface area contributed by atoms with Crippen molar-refractivity contribution in [2.75, 3.05) is 31.6 Å². The molecule has 0 saturated carbocycles. The van der Waals surface area contributed by atoms with Crippen molar-refractivity contribution in [1.82, 2.24) is 10.2 Å². The van der Waals surface area contributed by atoms with E-state index < -0.39 is 0 Å². The maximum atomic E-state index is 13.3. The minimum atomic E-state index is -0.359. The van der Waals surface area contributed by atoms with Crippen molar-refractivity contribution in [2.24, 2.45) is 11.8 Å². The highest BCUT2D eigenvalue weighted by Crippen LogP contribution is 2.26. The fraction of sp³-hybridized carbons (Fsp3) is 0.379. The van der Waals surface area contributed by atoms with E-state index in [4.69, 9.17) is 4.74 Å². The minimum Gasteiger partial charge on any atom is -0.376 e. The highest BCUT2D eigenvalue weighted by molar-refractivity contribution is 5.93. The fourth-order valence-electron chi connectivity index (χ4n) is 5.24. The molecule has 5 rings (SSSR count). The maximum Gasteiger partial charge on any atom is 0.228 e. The maximum absolute atomic E-state index is 13.3. The number of amides is 2. The summed E-state index contributed by atoms with van der Waals surface area (Å²) in [4.78, 5) is 28.5. The van der Waals surface area contributed by atoms with Crippen LogP contribution in [0.25, 0.3) is 10.8 Å². The Kier molecular flexibility index (Phi) is 7.58. The number of rotatable bonds is 7. The molecule has 0 bridgehead atoms. The molecular weight excluding hydrogens is 457 g/mol. The average molecular weight is 490 g/mol. The van der Waals surface area contributed by atoms with E-state index in [1.165, 1.54) is 22.9 Å². The van der Waals surface area contributed by atoms with Gasteiger partial charge in [0.1, 0.15) is 5.82 Å². The Morgan fingerprint density at radius 3 is 2.44 bits per heavy atom. The summed E-state index contributed by atoms with van der Waals surface area (Å²) in [5.41, 5.74) is 1.69. The van der Waals surface area contributed by atoms with E-state index in [-0.39, 0.29) is 35.6 Å². The molecule has 188 valence electrons. The van der Waals surface area contributed by atoms with E-state index in [0.717, 1.165) is 25.0 Å². The molecule has 2 heterocycles. The number of nitrogens with zero attached hydrogens (tertiary/aromatic N) is 1. The Bertz CT molecular complexity index is 1210. The van der Waals surface area contributed by atoms with Crippen molar-refractivity contribution in [3.05, 3.63) is 78.1 Å². The molecule has 0 radical (unpaired) electrons. The number of benzene rings is 3. The first-order valence-corrected chi connectivity index (χ1v) is 12.7. The van der Waals surface area contributed by atoms with E-state index in [2.05, 4.69) is 45.9 Å². The molecule has 2 aliphatic heterocycles. The summed E-state index contributed by atoms with van der Waals surface area (Å²) < 4.78 is 18.9. The lowest BCUT2D eigenvalue weighted by Crippen LogP contribution is -2.49. The Hall–Kier alpha value is -3.29. The van der Waals surface area contributed by atoms with Crippen LogP contribution in [0.1, 0.15) is 24.8 Å². The SMILES string of the molecule is O=C(NC[C@H]1CCCO1)[C@H]1C[C@@H](C(=O)Nc2ccc(F)cc2)CN(Cc2ccc3ccccc3c2)C1. The summed E-state index contributed by atoms with van der Waals surface area (Å²) in [6.07, 6.45) is 2.53. The van der Waals surface area contributed by atoms with Crippen LogP contribution >= 0.6 is 0 Å². The molecule has 7 heteroatoms. The molecule has 3 aromatic rings. The summed E-state index contributed by atoms with van der Waals surface area (Å²) in [6, 6.07) is 20.4. The molecule has 0 unspecified atom stereocenters. The number of carbonyl (C=O) groups is 2. The van der Waals surface area contributed by atoms with Gasteiger partial charge < -0.3 is 15.4 Å². The van der Waals surface area contributed by atoms with Gasteiger partial charge in [0.25, 0.3) is 0 Å². The number of likely N-dealkylation sites (tertiary alicyclic amines) is 1. The molecule has 2 amide bonds. The van der Waals surface area contributed by atoms with Crippen molar-refractivity contribution in [3.8, 4) is 0 Å². The number of piperidine rings is 1. The molecule has 2 fully saturated rings. The number of ether oxygens (including phenoxy) is 1. The monoisotopic (exact) mass is 489 g/mol. The van der Waals surface area contributed by atoms with Gasteiger partial charge in [0.05, 0.1) is 17.9 Å². The molecule has 6 nitrogen and oxygen atoms in total. The van der Waals surface area contributed by atoms with Crippen LogP contribution in [-0.4, -0.2) is 49.1 Å². The topological polar surface area (TPSA) is 70.7 Å². The van der Waals surface area contributed by atoms with Crippen LogP contribution < -0.4 is 10.6 Å². The first kappa shape index (κ1) is 24.4. The summed E-state index contributed by atoms with van der Waals surface area (Å²) in [5, 5.41) is 8.31. The third-order valence-corrected chi connectivity index (χ3v) is 7.13. The van der Waals surface area contributed by atoms with Crippen LogP contribution in [0.15, 0.2) is 66.7 Å². The van der Waals surface area contributed by atoms with E-state index in [0.29, 0.717) is 38.3 Å². The van der Waals surface area contributed by atoms with Gasteiger partial charge in [-0.05, 0) is 65.9 Å². The Balaban J connectivity index is 1.29. The zero-order valence-corrected chi connectivity index (χ0v) is 20.3. The van der Waals surface area contributed by atoms with Crippen molar-refractivity contribution in [1.29, 1.82) is 0 Å². The molecule has 3 aromatic carbocycles. The normalized spacial score (nSPS) is 22.4. The third kappa shape index (κ3) is 6.09. The van der Waals surface area contributed by atoms with Gasteiger partial charge in [-0.3, -0.25) is 14.5 Å². The van der Waals surface area contributed by atoms with Gasteiger partial charge in [-0.15, -0.1) is 0 Å². The number of halogens is 1. The fourth-order valence-corrected chi connectivity index (χ4v) is 5.24. The molecule has 36 heavy (non-hydrogen) atoms. The quantitative estimate of drug-likeness (QED) is 0.518. The van der Waals surface area contributed by atoms with Crippen LogP contribution in [-0.2, 0) is 20.9 Å². The Morgan fingerprint density at radius 2 is 1.69 bits per heavy atom. The van der Waals surface area contributed by atoms with Crippen LogP contribution in [0, 0.1) is 17.7 Å². The van der Waals surface area contributed by atoms with E-state index in [1.807, 2.05) is 12.1 Å². The van der Waals surface area contributed by atoms with Gasteiger partial charge >= 0.3 is 0 Å². The summed E-state index contributed by atoms with van der Waals surface area (Å²) in [7, 11) is 0. The number of hydrogen-bond acceptors (Lipinski definition) is 4. The van der Waals surface area contributed by atoms with Gasteiger partial charge in [-0.1, -0.05) is 36.4 Å². The zero-order valence-electron chi connectivity index (χ0n) is 20.3. The Morgan fingerprint density at radius 1 is 0.944 bits per heavy atom. The van der Waals surface area contributed by atoms with Gasteiger partial charge in [0, 0.05) is 38.5 Å². The summed E-state index contributed by atoms with van der Waals surface area (Å²) in [6.45, 7) is 3.04. The van der Waals surface area contributed by atoms with Crippen molar-refractivity contribution >= 4 is 28.3 Å². The van der Waals surface area contributed by atoms with Gasteiger partial charge in [-0.25, -0.2) is 4.39 Å². The van der Waals surface area contributed by atoms with E-state index in [9.17, 15) is 14.0 Å². The first-order valence-electron chi connectivity index (χ1n) is 12.7. The van der Waals surface area contributed by atoms with Crippen LogP contribution in [0.4, 0.5) is 10.1 Å². The van der Waals surface area contributed by atoms with Crippen LogP contribution in [0.3, 0.4) is 0 Å². The molecule has 0 aromatic heterocycles. The second kappa shape index (κ2) is 11.2. The standard InChI is InChI=1S/C29H32FN3O3/c30-25-9-11-26(12-10-25)32-29(35)24-15-23(28(34)31-16-27-6-3-13-36-27)18-33(19-24)17-20-7-8-21-4-1-2-5-22(21)14-20/h1-2,4-5,7-12,14,23-24,27H,3,6,13,15-19H2,(H,31,34)(H,32,35)/t23-,24+,27+/m0/s1. The first-order chi connectivity index (χ1) is 17.5. The minimum absolute atomic E-state index is 0.0340. The average Bonchev–Trinajstić information content (AvgIpc) is 3.42. The van der Waals surface area contributed by atoms with Crippen molar-refractivity contribution in [2.45, 2.75) is 31.9 Å². The second-order valence-electron chi connectivity index (χ2n) is 9.88. The van der Waals surface area contributed by atoms with Crippen LogP contribution in [0.5, 0.6) is 0 Å². The molecule has 2 saturated heterocycles. The van der Waals surface area contributed by atoms with Gasteiger partial charge in [-0.2, -0.15) is 0 Å². The van der Waals surface area contributed by atoms with Gasteiger partial charge in [0.2, 0.25) is 11.8 Å². The van der Waals surface area contributed by atoms with Crippen molar-refractivity contribution in [3.63, 3.8) is 0 Å². The number of fused-ring (bicyclic) bond motifs is 1. The number of hydrogen-bond donors (Lipinski definition) is 2. The summed E-state index contributed by atoms with van der Waals surface area (Å²) >= 11 is 0.